The lowest BCUT2D eigenvalue weighted by molar-refractivity contribution is -0.130. The van der Waals surface area contributed by atoms with Crippen LogP contribution < -0.4 is 9.47 Å². The van der Waals surface area contributed by atoms with E-state index < -0.39 is 11.9 Å². The van der Waals surface area contributed by atoms with Crippen molar-refractivity contribution in [3.8, 4) is 34.1 Å². The minimum absolute atomic E-state index is 0.338. The average Bonchev–Trinajstić information content (AvgIpc) is 3.18. The predicted molar refractivity (Wildman–Crippen MR) is 115 cm³/mol. The summed E-state index contributed by atoms with van der Waals surface area (Å²) in [6, 6.07) is 16.1. The zero-order valence-corrected chi connectivity index (χ0v) is 17.2. The van der Waals surface area contributed by atoms with Crippen molar-refractivity contribution in [1.29, 1.82) is 0 Å². The summed E-state index contributed by atoms with van der Waals surface area (Å²) in [7, 11) is 0. The van der Waals surface area contributed by atoms with Gasteiger partial charge in [-0.1, -0.05) is 13.2 Å². The van der Waals surface area contributed by atoms with E-state index in [9.17, 15) is 9.59 Å². The first-order valence-electron chi connectivity index (χ1n) is 9.31. The van der Waals surface area contributed by atoms with Crippen molar-refractivity contribution in [2.24, 2.45) is 0 Å². The lowest BCUT2D eigenvalue weighted by atomic mass is 10.1. The highest BCUT2D eigenvalue weighted by atomic mass is 16.5. The van der Waals surface area contributed by atoms with Crippen LogP contribution in [0.2, 0.25) is 0 Å². The number of furan rings is 1. The standard InChI is InChI=1S/C25H22O5/c1-15(2)24(26)28-19-8-6-18(7-9-19)22-12-13-23(30-22)21-11-10-20(14-17(21)5)29-25(27)16(3)4/h6-14H,1,3H2,2,4-5H3. The van der Waals surface area contributed by atoms with Gasteiger partial charge in [0.05, 0.1) is 0 Å². The van der Waals surface area contributed by atoms with Crippen molar-refractivity contribution in [2.75, 3.05) is 0 Å². The van der Waals surface area contributed by atoms with Crippen LogP contribution in [0.4, 0.5) is 0 Å². The molecule has 1 heterocycles. The third-order valence-electron chi connectivity index (χ3n) is 4.33. The third kappa shape index (κ3) is 4.75. The number of carbonyl (C=O) groups is 2. The van der Waals surface area contributed by atoms with Gasteiger partial charge in [-0.25, -0.2) is 9.59 Å². The quantitative estimate of drug-likeness (QED) is 0.292. The van der Waals surface area contributed by atoms with Crippen molar-refractivity contribution < 1.29 is 23.5 Å². The van der Waals surface area contributed by atoms with Crippen LogP contribution in [0.1, 0.15) is 19.4 Å². The second-order valence-electron chi connectivity index (χ2n) is 7.00. The van der Waals surface area contributed by atoms with Gasteiger partial charge in [0.15, 0.2) is 0 Å². The molecule has 0 aliphatic rings. The number of aryl methyl sites for hydroxylation is 1. The zero-order valence-electron chi connectivity index (χ0n) is 17.2. The monoisotopic (exact) mass is 402 g/mol. The molecule has 0 fully saturated rings. The van der Waals surface area contributed by atoms with Gasteiger partial charge in [0.25, 0.3) is 0 Å². The molecule has 0 spiro atoms. The second kappa shape index (κ2) is 8.66. The fourth-order valence-corrected chi connectivity index (χ4v) is 2.69. The van der Waals surface area contributed by atoms with E-state index in [1.54, 1.807) is 38.1 Å². The van der Waals surface area contributed by atoms with Gasteiger partial charge < -0.3 is 13.9 Å². The van der Waals surface area contributed by atoms with Gasteiger partial charge in [-0.05, 0) is 80.9 Å². The van der Waals surface area contributed by atoms with E-state index >= 15 is 0 Å². The Hall–Kier alpha value is -3.86. The summed E-state index contributed by atoms with van der Waals surface area (Å²) in [5, 5.41) is 0. The van der Waals surface area contributed by atoms with Gasteiger partial charge >= 0.3 is 11.9 Å². The van der Waals surface area contributed by atoms with E-state index in [1.807, 2.05) is 37.3 Å². The summed E-state index contributed by atoms with van der Waals surface area (Å²) >= 11 is 0. The van der Waals surface area contributed by atoms with Crippen molar-refractivity contribution in [2.45, 2.75) is 20.8 Å². The van der Waals surface area contributed by atoms with Crippen LogP contribution in [0.5, 0.6) is 11.5 Å². The summed E-state index contributed by atoms with van der Waals surface area (Å²) in [5.74, 6) is 1.35. The molecule has 1 aromatic heterocycles. The highest BCUT2D eigenvalue weighted by Crippen LogP contribution is 2.32. The zero-order chi connectivity index (χ0) is 21.8. The number of hydrogen-bond donors (Lipinski definition) is 0. The largest absolute Gasteiger partial charge is 0.456 e. The molecule has 2 aromatic carbocycles. The van der Waals surface area contributed by atoms with Crippen molar-refractivity contribution in [3.05, 3.63) is 84.5 Å². The summed E-state index contributed by atoms with van der Waals surface area (Å²) in [4.78, 5) is 23.3. The SMILES string of the molecule is C=C(C)C(=O)Oc1ccc(-c2ccc(-c3ccc(OC(=O)C(=C)C)cc3C)o2)cc1. The fraction of sp³-hybridized carbons (Fsp3) is 0.120. The van der Waals surface area contributed by atoms with Crippen LogP contribution in [0.3, 0.4) is 0 Å². The van der Waals surface area contributed by atoms with Crippen LogP contribution in [-0.4, -0.2) is 11.9 Å². The van der Waals surface area contributed by atoms with Crippen LogP contribution in [0, 0.1) is 6.92 Å². The first kappa shape index (κ1) is 20.9. The molecular formula is C25H22O5. The Morgan fingerprint density at radius 3 is 1.87 bits per heavy atom. The molecule has 152 valence electrons. The molecule has 30 heavy (non-hydrogen) atoms. The summed E-state index contributed by atoms with van der Waals surface area (Å²) in [5.41, 5.74) is 3.33. The number of rotatable bonds is 6. The topological polar surface area (TPSA) is 65.7 Å². The normalized spacial score (nSPS) is 10.4. The molecule has 3 aromatic rings. The number of carbonyl (C=O) groups excluding carboxylic acids is 2. The molecule has 0 bridgehead atoms. The molecule has 5 nitrogen and oxygen atoms in total. The van der Waals surface area contributed by atoms with Crippen LogP contribution in [0.25, 0.3) is 22.6 Å². The Balaban J connectivity index is 1.77. The molecule has 5 heteroatoms. The second-order valence-corrected chi connectivity index (χ2v) is 7.00. The molecule has 0 atom stereocenters. The van der Waals surface area contributed by atoms with Gasteiger partial charge in [0.1, 0.15) is 23.0 Å². The van der Waals surface area contributed by atoms with Crippen LogP contribution in [-0.2, 0) is 9.59 Å². The molecule has 0 saturated heterocycles. The molecule has 0 amide bonds. The van der Waals surface area contributed by atoms with Gasteiger partial charge in [0.2, 0.25) is 0 Å². The van der Waals surface area contributed by atoms with Gasteiger partial charge in [-0.3, -0.25) is 0 Å². The minimum Gasteiger partial charge on any atom is -0.456 e. The smallest absolute Gasteiger partial charge is 0.338 e. The van der Waals surface area contributed by atoms with E-state index in [0.717, 1.165) is 16.7 Å². The highest BCUT2D eigenvalue weighted by Gasteiger charge is 2.12. The maximum atomic E-state index is 11.7. The van der Waals surface area contributed by atoms with E-state index in [2.05, 4.69) is 13.2 Å². The first-order valence-corrected chi connectivity index (χ1v) is 9.31. The van der Waals surface area contributed by atoms with E-state index in [4.69, 9.17) is 13.9 Å². The molecule has 0 radical (unpaired) electrons. The van der Waals surface area contributed by atoms with Gasteiger partial charge in [-0.2, -0.15) is 0 Å². The Kier molecular flexibility index (Phi) is 6.02. The summed E-state index contributed by atoms with van der Waals surface area (Å²) < 4.78 is 16.5. The Morgan fingerprint density at radius 2 is 1.30 bits per heavy atom. The third-order valence-corrected chi connectivity index (χ3v) is 4.33. The summed E-state index contributed by atoms with van der Waals surface area (Å²) in [6.07, 6.45) is 0. The Labute approximate surface area is 175 Å². The van der Waals surface area contributed by atoms with E-state index in [-0.39, 0.29) is 0 Å². The van der Waals surface area contributed by atoms with E-state index in [1.165, 1.54) is 0 Å². The number of esters is 2. The molecule has 0 aliphatic heterocycles. The summed E-state index contributed by atoms with van der Waals surface area (Å²) in [6.45, 7) is 12.3. The van der Waals surface area contributed by atoms with Crippen molar-refractivity contribution in [3.63, 3.8) is 0 Å². The first-order chi connectivity index (χ1) is 14.2. The number of hydrogen-bond acceptors (Lipinski definition) is 5. The minimum atomic E-state index is -0.462. The number of benzene rings is 2. The maximum absolute atomic E-state index is 11.7. The highest BCUT2D eigenvalue weighted by molar-refractivity contribution is 5.89. The lowest BCUT2D eigenvalue weighted by Crippen LogP contribution is -2.08. The van der Waals surface area contributed by atoms with E-state index in [0.29, 0.717) is 34.2 Å². The average molecular weight is 402 g/mol. The van der Waals surface area contributed by atoms with Gasteiger partial charge in [-0.15, -0.1) is 0 Å². The predicted octanol–water partition coefficient (Wildman–Crippen LogP) is 5.89. The van der Waals surface area contributed by atoms with Crippen LogP contribution in [0.15, 0.2) is 83.3 Å². The molecule has 0 saturated carbocycles. The van der Waals surface area contributed by atoms with Crippen LogP contribution >= 0.6 is 0 Å². The fourth-order valence-electron chi connectivity index (χ4n) is 2.69. The molecule has 0 N–H and O–H groups in total. The lowest BCUT2D eigenvalue weighted by Gasteiger charge is -2.08. The molecule has 0 unspecified atom stereocenters. The van der Waals surface area contributed by atoms with Crippen molar-refractivity contribution in [1.82, 2.24) is 0 Å². The Morgan fingerprint density at radius 1 is 0.767 bits per heavy atom. The molecule has 0 aliphatic carbocycles. The molecule has 3 rings (SSSR count). The van der Waals surface area contributed by atoms with Crippen molar-refractivity contribution >= 4 is 11.9 Å². The Bertz CT molecular complexity index is 1130. The van der Waals surface area contributed by atoms with Gasteiger partial charge in [0, 0.05) is 22.3 Å². The maximum Gasteiger partial charge on any atom is 0.338 e. The molecular weight excluding hydrogens is 380 g/mol. The number of ether oxygens (including phenoxy) is 2.